The Morgan fingerprint density at radius 1 is 1.17 bits per heavy atom. The van der Waals surface area contributed by atoms with Crippen molar-refractivity contribution in [2.45, 2.75) is 18.6 Å². The number of aliphatic hydroxyl groups is 1. The van der Waals surface area contributed by atoms with Gasteiger partial charge in [-0.25, -0.2) is 4.98 Å². The van der Waals surface area contributed by atoms with Crippen LogP contribution in [0.1, 0.15) is 27.5 Å². The van der Waals surface area contributed by atoms with Crippen molar-refractivity contribution in [2.24, 2.45) is 0 Å². The standard InChI is InChI=1S/C19H17N3O2/c23-17-11-14-3-1-2-4-16(14)18(17)21-19(24)13-5-7-15(8-6-13)22-10-9-20-12-22/h1-10,12,17-18,23H,11H2,(H,21,24)/t17-,18+/m1/s1. The van der Waals surface area contributed by atoms with Crippen LogP contribution in [0.3, 0.4) is 0 Å². The summed E-state index contributed by atoms with van der Waals surface area (Å²) in [6.07, 6.45) is 5.25. The highest BCUT2D eigenvalue weighted by atomic mass is 16.3. The summed E-state index contributed by atoms with van der Waals surface area (Å²) in [5.41, 5.74) is 3.59. The van der Waals surface area contributed by atoms with E-state index in [1.54, 1.807) is 24.7 Å². The van der Waals surface area contributed by atoms with Gasteiger partial charge in [0.2, 0.25) is 0 Å². The van der Waals surface area contributed by atoms with Crippen LogP contribution in [-0.4, -0.2) is 26.7 Å². The molecule has 0 fully saturated rings. The van der Waals surface area contributed by atoms with E-state index in [4.69, 9.17) is 0 Å². The van der Waals surface area contributed by atoms with E-state index < -0.39 is 6.10 Å². The first-order valence-electron chi connectivity index (χ1n) is 7.87. The highest BCUT2D eigenvalue weighted by molar-refractivity contribution is 5.94. The third kappa shape index (κ3) is 2.59. The smallest absolute Gasteiger partial charge is 0.251 e. The average Bonchev–Trinajstić information content (AvgIpc) is 3.24. The lowest BCUT2D eigenvalue weighted by molar-refractivity contribution is 0.0858. The Bertz CT molecular complexity index is 857. The van der Waals surface area contributed by atoms with Crippen molar-refractivity contribution >= 4 is 5.91 Å². The fourth-order valence-electron chi connectivity index (χ4n) is 3.17. The number of benzene rings is 2. The van der Waals surface area contributed by atoms with Crippen LogP contribution in [0.2, 0.25) is 0 Å². The normalized spacial score (nSPS) is 19.0. The summed E-state index contributed by atoms with van der Waals surface area (Å²) in [7, 11) is 0. The van der Waals surface area contributed by atoms with Crippen LogP contribution < -0.4 is 5.32 Å². The molecule has 0 bridgehead atoms. The van der Waals surface area contributed by atoms with Crippen molar-refractivity contribution in [3.8, 4) is 5.69 Å². The number of carbonyl (C=O) groups is 1. The van der Waals surface area contributed by atoms with Gasteiger partial charge < -0.3 is 15.0 Å². The van der Waals surface area contributed by atoms with Gasteiger partial charge in [0, 0.05) is 30.1 Å². The number of nitrogens with one attached hydrogen (secondary N) is 1. The molecular weight excluding hydrogens is 302 g/mol. The van der Waals surface area contributed by atoms with Gasteiger partial charge in [-0.3, -0.25) is 4.79 Å². The predicted molar refractivity (Wildman–Crippen MR) is 89.9 cm³/mol. The number of rotatable bonds is 3. The summed E-state index contributed by atoms with van der Waals surface area (Å²) in [6, 6.07) is 14.8. The molecule has 2 atom stereocenters. The summed E-state index contributed by atoms with van der Waals surface area (Å²) in [5.74, 6) is -0.187. The maximum Gasteiger partial charge on any atom is 0.251 e. The Morgan fingerprint density at radius 3 is 2.71 bits per heavy atom. The molecule has 1 heterocycles. The fraction of sp³-hybridized carbons (Fsp3) is 0.158. The van der Waals surface area contributed by atoms with Gasteiger partial charge in [0.25, 0.3) is 5.91 Å². The van der Waals surface area contributed by atoms with E-state index in [2.05, 4.69) is 10.3 Å². The Labute approximate surface area is 139 Å². The SMILES string of the molecule is O=C(N[C@H]1c2ccccc2C[C@H]1O)c1ccc(-n2ccnc2)cc1. The van der Waals surface area contributed by atoms with Crippen molar-refractivity contribution in [3.05, 3.63) is 83.9 Å². The third-order valence-electron chi connectivity index (χ3n) is 4.42. The molecule has 24 heavy (non-hydrogen) atoms. The average molecular weight is 319 g/mol. The molecule has 4 rings (SSSR count). The summed E-state index contributed by atoms with van der Waals surface area (Å²) in [5, 5.41) is 13.2. The molecule has 5 heteroatoms. The van der Waals surface area contributed by atoms with E-state index in [1.165, 1.54) is 0 Å². The second kappa shape index (κ2) is 5.94. The van der Waals surface area contributed by atoms with E-state index in [0.29, 0.717) is 12.0 Å². The van der Waals surface area contributed by atoms with Gasteiger partial charge in [0.05, 0.1) is 18.5 Å². The van der Waals surface area contributed by atoms with Gasteiger partial charge in [0.1, 0.15) is 0 Å². The third-order valence-corrected chi connectivity index (χ3v) is 4.42. The first kappa shape index (κ1) is 14.7. The van der Waals surface area contributed by atoms with Gasteiger partial charge in [-0.2, -0.15) is 0 Å². The molecule has 2 aromatic carbocycles. The van der Waals surface area contributed by atoms with Crippen molar-refractivity contribution in [1.82, 2.24) is 14.9 Å². The Hall–Kier alpha value is -2.92. The molecule has 1 amide bonds. The molecule has 1 aliphatic carbocycles. The van der Waals surface area contributed by atoms with Crippen molar-refractivity contribution in [3.63, 3.8) is 0 Å². The maximum atomic E-state index is 12.5. The van der Waals surface area contributed by atoms with Crippen LogP contribution in [0, 0.1) is 0 Å². The Morgan fingerprint density at radius 2 is 1.96 bits per heavy atom. The lowest BCUT2D eigenvalue weighted by Crippen LogP contribution is -2.33. The molecule has 0 unspecified atom stereocenters. The zero-order valence-corrected chi connectivity index (χ0v) is 13.0. The van der Waals surface area contributed by atoms with E-state index in [-0.39, 0.29) is 11.9 Å². The van der Waals surface area contributed by atoms with Crippen LogP contribution in [0.5, 0.6) is 0 Å². The molecule has 0 saturated carbocycles. The number of nitrogens with zero attached hydrogens (tertiary/aromatic N) is 2. The van der Waals surface area contributed by atoms with Gasteiger partial charge >= 0.3 is 0 Å². The van der Waals surface area contributed by atoms with Crippen LogP contribution in [0.25, 0.3) is 5.69 Å². The van der Waals surface area contributed by atoms with Crippen LogP contribution in [-0.2, 0) is 6.42 Å². The van der Waals surface area contributed by atoms with Gasteiger partial charge in [-0.15, -0.1) is 0 Å². The number of hydrogen-bond acceptors (Lipinski definition) is 3. The molecule has 3 aromatic rings. The topological polar surface area (TPSA) is 67.2 Å². The largest absolute Gasteiger partial charge is 0.390 e. The first-order valence-corrected chi connectivity index (χ1v) is 7.87. The predicted octanol–water partition coefficient (Wildman–Crippen LogP) is 2.26. The van der Waals surface area contributed by atoms with Crippen molar-refractivity contribution in [1.29, 1.82) is 0 Å². The zero-order valence-electron chi connectivity index (χ0n) is 13.0. The number of imidazole rings is 1. The molecular formula is C19H17N3O2. The number of fused-ring (bicyclic) bond motifs is 1. The molecule has 0 aliphatic heterocycles. The Kier molecular flexibility index (Phi) is 3.63. The molecule has 0 spiro atoms. The fourth-order valence-corrected chi connectivity index (χ4v) is 3.17. The minimum absolute atomic E-state index is 0.187. The van der Waals surface area contributed by atoms with Gasteiger partial charge in [-0.05, 0) is 35.4 Å². The summed E-state index contributed by atoms with van der Waals surface area (Å²) in [4.78, 5) is 16.5. The number of amides is 1. The van der Waals surface area contributed by atoms with Gasteiger partial charge in [-0.1, -0.05) is 24.3 Å². The summed E-state index contributed by atoms with van der Waals surface area (Å²) in [6.45, 7) is 0. The van der Waals surface area contributed by atoms with E-state index in [1.807, 2.05) is 47.2 Å². The van der Waals surface area contributed by atoms with E-state index in [0.717, 1.165) is 16.8 Å². The minimum Gasteiger partial charge on any atom is -0.390 e. The quantitative estimate of drug-likeness (QED) is 0.778. The molecule has 1 aliphatic rings. The molecule has 120 valence electrons. The molecule has 0 radical (unpaired) electrons. The van der Waals surface area contributed by atoms with Crippen LogP contribution in [0.4, 0.5) is 0 Å². The zero-order chi connectivity index (χ0) is 16.5. The summed E-state index contributed by atoms with van der Waals surface area (Å²) < 4.78 is 1.87. The maximum absolute atomic E-state index is 12.5. The van der Waals surface area contributed by atoms with E-state index in [9.17, 15) is 9.90 Å². The Balaban J connectivity index is 1.52. The highest BCUT2D eigenvalue weighted by Gasteiger charge is 2.31. The summed E-state index contributed by atoms with van der Waals surface area (Å²) >= 11 is 0. The number of aliphatic hydroxyl groups excluding tert-OH is 1. The van der Waals surface area contributed by atoms with Crippen molar-refractivity contribution in [2.75, 3.05) is 0 Å². The highest BCUT2D eigenvalue weighted by Crippen LogP contribution is 2.31. The second-order valence-electron chi connectivity index (χ2n) is 5.94. The second-order valence-corrected chi connectivity index (χ2v) is 5.94. The molecule has 1 aromatic heterocycles. The lowest BCUT2D eigenvalue weighted by Gasteiger charge is -2.18. The first-order chi connectivity index (χ1) is 11.7. The molecule has 0 saturated heterocycles. The van der Waals surface area contributed by atoms with Crippen LogP contribution in [0.15, 0.2) is 67.3 Å². The molecule has 5 nitrogen and oxygen atoms in total. The van der Waals surface area contributed by atoms with E-state index >= 15 is 0 Å². The van der Waals surface area contributed by atoms with Gasteiger partial charge in [0.15, 0.2) is 0 Å². The number of carbonyl (C=O) groups excluding carboxylic acids is 1. The van der Waals surface area contributed by atoms with Crippen LogP contribution >= 0.6 is 0 Å². The molecule has 2 N–H and O–H groups in total. The minimum atomic E-state index is -0.587. The monoisotopic (exact) mass is 319 g/mol. The lowest BCUT2D eigenvalue weighted by atomic mass is 10.1. The number of aromatic nitrogens is 2. The number of hydrogen-bond donors (Lipinski definition) is 2. The van der Waals surface area contributed by atoms with Crippen molar-refractivity contribution < 1.29 is 9.90 Å².